The van der Waals surface area contributed by atoms with Crippen molar-refractivity contribution in [2.45, 2.75) is 76.1 Å². The zero-order valence-electron chi connectivity index (χ0n) is 27.4. The third kappa shape index (κ3) is 6.58. The molecular weight excluding hydrogens is 624 g/mol. The van der Waals surface area contributed by atoms with Crippen molar-refractivity contribution in [2.24, 2.45) is 17.8 Å². The molecule has 2 aromatic rings. The fraction of sp³-hybridized carbons (Fsp3) is 0.583. The fourth-order valence-corrected chi connectivity index (χ4v) is 9.36. The number of ether oxygens (including phenoxy) is 3. The Morgan fingerprint density at radius 2 is 1.96 bits per heavy atom. The van der Waals surface area contributed by atoms with Crippen LogP contribution in [0.1, 0.15) is 74.4 Å². The number of allylic oxidation sites excluding steroid dienone is 1. The largest absolute Gasteiger partial charge is 0.490 e. The van der Waals surface area contributed by atoms with Gasteiger partial charge in [0.2, 0.25) is 10.0 Å². The Balaban J connectivity index is 1.43. The molecule has 2 bridgehead atoms. The molecule has 0 aromatic heterocycles. The summed E-state index contributed by atoms with van der Waals surface area (Å²) in [5.41, 5.74) is 4.54. The van der Waals surface area contributed by atoms with Gasteiger partial charge in [-0.3, -0.25) is 4.79 Å². The van der Waals surface area contributed by atoms with E-state index in [2.05, 4.69) is 34.8 Å². The zero-order valence-corrected chi connectivity index (χ0v) is 29.0. The molecule has 1 saturated carbocycles. The summed E-state index contributed by atoms with van der Waals surface area (Å²) in [4.78, 5) is 15.9. The van der Waals surface area contributed by atoms with Crippen LogP contribution in [0.2, 0.25) is 5.02 Å². The molecule has 1 fully saturated rings. The van der Waals surface area contributed by atoms with E-state index in [0.717, 1.165) is 61.5 Å². The first kappa shape index (κ1) is 33.3. The van der Waals surface area contributed by atoms with Crippen molar-refractivity contribution in [1.82, 2.24) is 4.72 Å². The number of fused-ring (bicyclic) bond motifs is 4. The SMILES string of the molecule is COCCO[C@H]1/C(C)=C/C[C@H](C)[C@@H](C)S(=O)(=O)NC(=O)c2ccc3c(c2)N(C[C@@H]2CC[C@H]21)C[C@@]1(CCCc2cc(Cl)ccc21)CO3. The Hall–Kier alpha value is -2.59. The van der Waals surface area contributed by atoms with Gasteiger partial charge in [-0.05, 0) is 117 Å². The minimum atomic E-state index is -3.93. The van der Waals surface area contributed by atoms with Crippen LogP contribution in [-0.4, -0.2) is 65.7 Å². The minimum Gasteiger partial charge on any atom is -0.490 e. The number of hydrogen-bond donors (Lipinski definition) is 1. The summed E-state index contributed by atoms with van der Waals surface area (Å²) >= 11 is 6.44. The lowest BCUT2D eigenvalue weighted by molar-refractivity contribution is -0.0368. The van der Waals surface area contributed by atoms with Gasteiger partial charge in [-0.25, -0.2) is 13.1 Å². The monoisotopic (exact) mass is 670 g/mol. The summed E-state index contributed by atoms with van der Waals surface area (Å²) in [6, 6.07) is 11.5. The minimum absolute atomic E-state index is 0.0823. The van der Waals surface area contributed by atoms with Gasteiger partial charge in [-0.2, -0.15) is 0 Å². The molecular formula is C36H47ClN2O6S. The van der Waals surface area contributed by atoms with Crippen LogP contribution in [0.3, 0.4) is 0 Å². The molecule has 0 saturated heterocycles. The smallest absolute Gasteiger partial charge is 0.264 e. The topological polar surface area (TPSA) is 94.2 Å². The Labute approximate surface area is 278 Å². The molecule has 2 heterocycles. The lowest BCUT2D eigenvalue weighted by Crippen LogP contribution is -2.50. The molecule has 4 aliphatic rings. The Morgan fingerprint density at radius 1 is 1.13 bits per heavy atom. The lowest BCUT2D eigenvalue weighted by atomic mass is 9.67. The molecule has 8 nitrogen and oxygen atoms in total. The first-order valence-electron chi connectivity index (χ1n) is 16.7. The third-order valence-corrected chi connectivity index (χ3v) is 13.1. The van der Waals surface area contributed by atoms with E-state index < -0.39 is 21.2 Å². The maximum absolute atomic E-state index is 13.5. The molecule has 1 spiro atoms. The first-order valence-corrected chi connectivity index (χ1v) is 18.6. The Bertz CT molecular complexity index is 1590. The highest BCUT2D eigenvalue weighted by molar-refractivity contribution is 7.90. The fourth-order valence-electron chi connectivity index (χ4n) is 7.88. The summed E-state index contributed by atoms with van der Waals surface area (Å²) in [7, 11) is -2.25. The number of sulfonamides is 1. The van der Waals surface area contributed by atoms with E-state index in [1.807, 2.05) is 25.1 Å². The van der Waals surface area contributed by atoms with Crippen LogP contribution >= 0.6 is 11.6 Å². The third-order valence-electron chi connectivity index (χ3n) is 11.0. The predicted octanol–water partition coefficient (Wildman–Crippen LogP) is 6.31. The van der Waals surface area contributed by atoms with Crippen molar-refractivity contribution < 1.29 is 27.4 Å². The van der Waals surface area contributed by atoms with E-state index in [9.17, 15) is 13.2 Å². The number of methoxy groups -OCH3 is 1. The van der Waals surface area contributed by atoms with Crippen LogP contribution in [0.25, 0.3) is 0 Å². The number of amides is 1. The van der Waals surface area contributed by atoms with Gasteiger partial charge < -0.3 is 19.1 Å². The summed E-state index contributed by atoms with van der Waals surface area (Å²) in [6.07, 6.45) is 7.76. The maximum Gasteiger partial charge on any atom is 0.264 e. The second kappa shape index (κ2) is 13.5. The van der Waals surface area contributed by atoms with Gasteiger partial charge in [0.25, 0.3) is 5.91 Å². The van der Waals surface area contributed by atoms with Crippen LogP contribution in [-0.2, 0) is 31.3 Å². The molecule has 2 aliphatic carbocycles. The standard InChI is InChI=1S/C36H47ClN2O6S/c1-23-7-8-24(2)34(44-17-16-43-4)30-12-9-28(30)20-39-21-36(15-5-6-26-18-29(37)11-13-31(26)36)22-45-33-14-10-27(19-32(33)39)35(40)38-46(41,42)25(23)3/h8,10-11,13-14,18-19,23,25,28,30,34H,5-7,9,12,15-17,20-22H2,1-4H3,(H,38,40)/b24-8+/t23-,25+,28-,30+,34-,36-/m0/s1. The number of halogens is 1. The Kier molecular flexibility index (Phi) is 9.77. The lowest BCUT2D eigenvalue weighted by Gasteiger charge is -2.46. The number of carbonyl (C=O) groups is 1. The molecule has 46 heavy (non-hydrogen) atoms. The number of nitrogens with one attached hydrogen (secondary N) is 1. The molecule has 0 radical (unpaired) electrons. The molecule has 6 atom stereocenters. The van der Waals surface area contributed by atoms with E-state index in [-0.39, 0.29) is 17.4 Å². The van der Waals surface area contributed by atoms with Crippen LogP contribution in [0.15, 0.2) is 48.0 Å². The number of rotatable bonds is 4. The second-order valence-electron chi connectivity index (χ2n) is 13.9. The zero-order chi connectivity index (χ0) is 32.6. The average molecular weight is 671 g/mol. The molecule has 2 aromatic carbocycles. The first-order chi connectivity index (χ1) is 22.0. The van der Waals surface area contributed by atoms with Crippen molar-refractivity contribution in [1.29, 1.82) is 0 Å². The molecule has 250 valence electrons. The predicted molar refractivity (Wildman–Crippen MR) is 181 cm³/mol. The van der Waals surface area contributed by atoms with Gasteiger partial charge in [0.15, 0.2) is 0 Å². The Morgan fingerprint density at radius 3 is 2.72 bits per heavy atom. The van der Waals surface area contributed by atoms with Crippen molar-refractivity contribution in [3.63, 3.8) is 0 Å². The number of hydrogen-bond acceptors (Lipinski definition) is 7. The van der Waals surface area contributed by atoms with Gasteiger partial charge >= 0.3 is 0 Å². The van der Waals surface area contributed by atoms with Gasteiger partial charge in [-0.15, -0.1) is 0 Å². The normalized spacial score (nSPS) is 32.1. The van der Waals surface area contributed by atoms with Crippen molar-refractivity contribution in [2.75, 3.05) is 44.9 Å². The van der Waals surface area contributed by atoms with E-state index in [4.69, 9.17) is 25.8 Å². The highest BCUT2D eigenvalue weighted by Gasteiger charge is 2.45. The van der Waals surface area contributed by atoms with Crippen molar-refractivity contribution >= 4 is 33.2 Å². The number of benzene rings is 2. The number of anilines is 1. The van der Waals surface area contributed by atoms with Gasteiger partial charge in [-0.1, -0.05) is 30.7 Å². The number of carbonyl (C=O) groups excluding carboxylic acids is 1. The summed E-state index contributed by atoms with van der Waals surface area (Å²) in [6.45, 7) is 8.70. The van der Waals surface area contributed by atoms with Gasteiger partial charge in [0.1, 0.15) is 5.75 Å². The molecule has 2 aliphatic heterocycles. The highest BCUT2D eigenvalue weighted by atomic mass is 35.5. The van der Waals surface area contributed by atoms with Crippen LogP contribution < -0.4 is 14.4 Å². The average Bonchev–Trinajstić information content (AvgIpc) is 3.17. The van der Waals surface area contributed by atoms with E-state index in [1.165, 1.54) is 11.1 Å². The van der Waals surface area contributed by atoms with E-state index in [1.54, 1.807) is 20.1 Å². The second-order valence-corrected chi connectivity index (χ2v) is 16.4. The number of nitrogens with zero attached hydrogens (tertiary/aromatic N) is 1. The molecule has 1 N–H and O–H groups in total. The highest BCUT2D eigenvalue weighted by Crippen LogP contribution is 2.47. The van der Waals surface area contributed by atoms with Crippen LogP contribution in [0.5, 0.6) is 5.75 Å². The van der Waals surface area contributed by atoms with E-state index in [0.29, 0.717) is 49.4 Å². The summed E-state index contributed by atoms with van der Waals surface area (Å²) in [5, 5.41) is -0.0219. The maximum atomic E-state index is 13.5. The molecule has 0 unspecified atom stereocenters. The van der Waals surface area contributed by atoms with Gasteiger partial charge in [0.05, 0.1) is 36.9 Å². The van der Waals surface area contributed by atoms with Crippen molar-refractivity contribution in [3.8, 4) is 5.75 Å². The van der Waals surface area contributed by atoms with Crippen LogP contribution in [0, 0.1) is 17.8 Å². The van der Waals surface area contributed by atoms with Crippen molar-refractivity contribution in [3.05, 3.63) is 69.8 Å². The molecule has 6 rings (SSSR count). The quantitative estimate of drug-likeness (QED) is 0.301. The van der Waals surface area contributed by atoms with Gasteiger partial charge in [0, 0.05) is 36.2 Å². The molecule has 1 amide bonds. The molecule has 10 heteroatoms. The van der Waals surface area contributed by atoms with Crippen LogP contribution in [0.4, 0.5) is 5.69 Å². The summed E-state index contributed by atoms with van der Waals surface area (Å²) < 4.78 is 47.6. The number of aryl methyl sites for hydroxylation is 1. The van der Waals surface area contributed by atoms with E-state index >= 15 is 0 Å². The summed E-state index contributed by atoms with van der Waals surface area (Å²) in [5.74, 6) is 0.565.